The van der Waals surface area contributed by atoms with Crippen molar-refractivity contribution in [3.63, 3.8) is 0 Å². The highest BCUT2D eigenvalue weighted by Crippen LogP contribution is 2.29. The van der Waals surface area contributed by atoms with Gasteiger partial charge in [-0.25, -0.2) is 0 Å². The molecular formula is C17H24N2O2. The number of benzene rings is 1. The van der Waals surface area contributed by atoms with Gasteiger partial charge >= 0.3 is 0 Å². The molecule has 114 valence electrons. The number of carbonyl (C=O) groups excluding carboxylic acids is 2. The number of rotatable bonds is 4. The Kier molecular flexibility index (Phi) is 4.99. The highest BCUT2D eigenvalue weighted by atomic mass is 16.2. The monoisotopic (exact) mass is 288 g/mol. The second-order valence-electron chi connectivity index (χ2n) is 5.86. The third kappa shape index (κ3) is 3.43. The van der Waals surface area contributed by atoms with Crippen molar-refractivity contribution < 1.29 is 9.59 Å². The summed E-state index contributed by atoms with van der Waals surface area (Å²) in [6.07, 6.45) is 1.92. The molecule has 1 atom stereocenters. The van der Waals surface area contributed by atoms with Crippen LogP contribution in [-0.4, -0.2) is 24.4 Å². The van der Waals surface area contributed by atoms with E-state index in [-0.39, 0.29) is 11.8 Å². The first kappa shape index (κ1) is 15.5. The van der Waals surface area contributed by atoms with Gasteiger partial charge in [-0.2, -0.15) is 0 Å². The second-order valence-corrected chi connectivity index (χ2v) is 5.86. The van der Waals surface area contributed by atoms with Gasteiger partial charge in [0.25, 0.3) is 0 Å². The third-order valence-corrected chi connectivity index (χ3v) is 3.89. The third-order valence-electron chi connectivity index (χ3n) is 3.89. The summed E-state index contributed by atoms with van der Waals surface area (Å²) in [6, 6.07) is 7.58. The fraction of sp³-hybridized carbons (Fsp3) is 0.529. The van der Waals surface area contributed by atoms with Crippen LogP contribution in [0.3, 0.4) is 0 Å². The smallest absolute Gasteiger partial charge is 0.249 e. The summed E-state index contributed by atoms with van der Waals surface area (Å²) in [4.78, 5) is 26.4. The number of nitrogens with zero attached hydrogens (tertiary/aromatic N) is 1. The van der Waals surface area contributed by atoms with E-state index in [2.05, 4.69) is 25.2 Å². The van der Waals surface area contributed by atoms with E-state index in [4.69, 9.17) is 0 Å². The van der Waals surface area contributed by atoms with Gasteiger partial charge in [-0.3, -0.25) is 9.59 Å². The first-order valence-corrected chi connectivity index (χ1v) is 7.74. The molecule has 1 heterocycles. The maximum absolute atomic E-state index is 12.8. The fourth-order valence-electron chi connectivity index (χ4n) is 2.78. The summed E-state index contributed by atoms with van der Waals surface area (Å²) >= 11 is 0. The molecule has 4 nitrogen and oxygen atoms in total. The van der Waals surface area contributed by atoms with Crippen LogP contribution in [-0.2, 0) is 9.59 Å². The molecule has 0 saturated carbocycles. The van der Waals surface area contributed by atoms with Crippen LogP contribution in [0.2, 0.25) is 0 Å². The number of hydrogen-bond donors (Lipinski definition) is 1. The van der Waals surface area contributed by atoms with E-state index in [1.165, 1.54) is 0 Å². The number of hydrogen-bond acceptors (Lipinski definition) is 2. The molecule has 4 heteroatoms. The molecule has 2 amide bonds. The van der Waals surface area contributed by atoms with Gasteiger partial charge in [-0.15, -0.1) is 0 Å². The van der Waals surface area contributed by atoms with Crippen molar-refractivity contribution in [2.24, 2.45) is 0 Å². The summed E-state index contributed by atoms with van der Waals surface area (Å²) in [5.74, 6) is 0.313. The van der Waals surface area contributed by atoms with E-state index in [0.717, 1.165) is 17.7 Å². The maximum atomic E-state index is 12.8. The molecule has 0 radical (unpaired) electrons. The average molecular weight is 288 g/mol. The van der Waals surface area contributed by atoms with Gasteiger partial charge in [0.2, 0.25) is 11.8 Å². The largest absolute Gasteiger partial charge is 0.344 e. The number of nitrogens with one attached hydrogen (secondary N) is 1. The molecule has 1 saturated heterocycles. The summed E-state index contributed by atoms with van der Waals surface area (Å²) in [6.45, 7) is 6.72. The van der Waals surface area contributed by atoms with Gasteiger partial charge in [0.1, 0.15) is 6.04 Å². The van der Waals surface area contributed by atoms with Crippen molar-refractivity contribution in [3.05, 3.63) is 29.8 Å². The molecule has 1 aromatic carbocycles. The molecule has 1 aromatic rings. The van der Waals surface area contributed by atoms with Crippen molar-refractivity contribution in [2.75, 3.05) is 11.4 Å². The van der Waals surface area contributed by atoms with E-state index in [0.29, 0.717) is 25.3 Å². The lowest BCUT2D eigenvalue weighted by molar-refractivity contribution is -0.125. The van der Waals surface area contributed by atoms with Crippen molar-refractivity contribution >= 4 is 17.5 Å². The SMILES string of the molecule is CCCC1NC(=O)CCN(c2ccccc2C(C)C)C1=O. The first-order valence-electron chi connectivity index (χ1n) is 7.74. The molecule has 1 aliphatic rings. The van der Waals surface area contributed by atoms with Crippen molar-refractivity contribution in [2.45, 2.75) is 52.0 Å². The Hall–Kier alpha value is -1.84. The lowest BCUT2D eigenvalue weighted by Crippen LogP contribution is -2.45. The zero-order chi connectivity index (χ0) is 15.4. The zero-order valence-corrected chi connectivity index (χ0v) is 13.1. The Bertz CT molecular complexity index is 525. The zero-order valence-electron chi connectivity index (χ0n) is 13.1. The van der Waals surface area contributed by atoms with Gasteiger partial charge < -0.3 is 10.2 Å². The topological polar surface area (TPSA) is 49.4 Å². The van der Waals surface area contributed by atoms with Crippen molar-refractivity contribution in [1.29, 1.82) is 0 Å². The minimum Gasteiger partial charge on any atom is -0.344 e. The first-order chi connectivity index (χ1) is 10.0. The number of anilines is 1. The highest BCUT2D eigenvalue weighted by molar-refractivity contribution is 6.01. The van der Waals surface area contributed by atoms with E-state index in [9.17, 15) is 9.59 Å². The Balaban J connectivity index is 2.37. The van der Waals surface area contributed by atoms with Crippen LogP contribution >= 0.6 is 0 Å². The fourth-order valence-corrected chi connectivity index (χ4v) is 2.78. The van der Waals surface area contributed by atoms with E-state index < -0.39 is 6.04 Å². The molecule has 0 aromatic heterocycles. The molecule has 1 fully saturated rings. The van der Waals surface area contributed by atoms with E-state index in [1.54, 1.807) is 4.90 Å². The number of amides is 2. The van der Waals surface area contributed by atoms with Crippen LogP contribution in [0.25, 0.3) is 0 Å². The summed E-state index contributed by atoms with van der Waals surface area (Å²) < 4.78 is 0. The van der Waals surface area contributed by atoms with Crippen molar-refractivity contribution in [1.82, 2.24) is 5.32 Å². The van der Waals surface area contributed by atoms with Crippen LogP contribution < -0.4 is 10.2 Å². The molecule has 2 rings (SSSR count). The molecule has 0 aliphatic carbocycles. The molecule has 0 spiro atoms. The molecule has 1 N–H and O–H groups in total. The highest BCUT2D eigenvalue weighted by Gasteiger charge is 2.31. The molecule has 21 heavy (non-hydrogen) atoms. The van der Waals surface area contributed by atoms with E-state index >= 15 is 0 Å². The summed E-state index contributed by atoms with van der Waals surface area (Å²) in [5.41, 5.74) is 2.09. The quantitative estimate of drug-likeness (QED) is 0.926. The Labute approximate surface area is 126 Å². The standard InChI is InChI=1S/C17H24N2O2/c1-4-7-14-17(21)19(11-10-16(20)18-14)15-9-6-5-8-13(15)12(2)3/h5-6,8-9,12,14H,4,7,10-11H2,1-3H3,(H,18,20). The van der Waals surface area contributed by atoms with Gasteiger partial charge in [0.15, 0.2) is 0 Å². The van der Waals surface area contributed by atoms with Gasteiger partial charge in [-0.05, 0) is 24.0 Å². The number of para-hydroxylation sites is 1. The van der Waals surface area contributed by atoms with Gasteiger partial charge in [-0.1, -0.05) is 45.4 Å². The Morgan fingerprint density at radius 3 is 2.67 bits per heavy atom. The van der Waals surface area contributed by atoms with Crippen LogP contribution in [0.1, 0.15) is 51.5 Å². The van der Waals surface area contributed by atoms with Crippen LogP contribution in [0.15, 0.2) is 24.3 Å². The Morgan fingerprint density at radius 1 is 1.29 bits per heavy atom. The van der Waals surface area contributed by atoms with E-state index in [1.807, 2.05) is 25.1 Å². The lowest BCUT2D eigenvalue weighted by Gasteiger charge is -2.27. The van der Waals surface area contributed by atoms with Crippen LogP contribution in [0, 0.1) is 0 Å². The minimum absolute atomic E-state index is 0.0100. The molecular weight excluding hydrogens is 264 g/mol. The van der Waals surface area contributed by atoms with Crippen LogP contribution in [0.4, 0.5) is 5.69 Å². The normalized spacial score (nSPS) is 19.6. The molecule has 1 unspecified atom stereocenters. The Morgan fingerprint density at radius 2 is 2.00 bits per heavy atom. The molecule has 0 bridgehead atoms. The van der Waals surface area contributed by atoms with Gasteiger partial charge in [0.05, 0.1) is 0 Å². The second kappa shape index (κ2) is 6.74. The maximum Gasteiger partial charge on any atom is 0.249 e. The van der Waals surface area contributed by atoms with Crippen LogP contribution in [0.5, 0.6) is 0 Å². The van der Waals surface area contributed by atoms with Crippen molar-refractivity contribution in [3.8, 4) is 0 Å². The predicted molar refractivity (Wildman–Crippen MR) is 84.3 cm³/mol. The number of carbonyl (C=O) groups is 2. The van der Waals surface area contributed by atoms with Gasteiger partial charge in [0, 0.05) is 18.7 Å². The minimum atomic E-state index is -0.398. The predicted octanol–water partition coefficient (Wildman–Crippen LogP) is 2.83. The average Bonchev–Trinajstić information content (AvgIpc) is 2.59. The molecule has 1 aliphatic heterocycles. The summed E-state index contributed by atoms with van der Waals surface area (Å²) in [5, 5.41) is 2.85. The summed E-state index contributed by atoms with van der Waals surface area (Å²) in [7, 11) is 0. The lowest BCUT2D eigenvalue weighted by atomic mass is 9.99.